The first kappa shape index (κ1) is 8.44. The Kier molecular flexibility index (Phi) is 1.69. The van der Waals surface area contributed by atoms with Crippen molar-refractivity contribution in [2.45, 2.75) is 43.8 Å². The average molecular weight is 192 g/mol. The van der Waals surface area contributed by atoms with Crippen LogP contribution in [0.15, 0.2) is 6.33 Å². The Morgan fingerprint density at radius 1 is 1.43 bits per heavy atom. The van der Waals surface area contributed by atoms with Gasteiger partial charge in [-0.15, -0.1) is 0 Å². The second-order valence-electron chi connectivity index (χ2n) is 4.50. The lowest BCUT2D eigenvalue weighted by atomic mass is 9.78. The number of nitrogens with one attached hydrogen (secondary N) is 2. The van der Waals surface area contributed by atoms with E-state index in [0.29, 0.717) is 6.04 Å². The predicted molar refractivity (Wildman–Crippen MR) is 53.5 cm³/mol. The second kappa shape index (κ2) is 2.81. The molecular formula is C10H16N4. The summed E-state index contributed by atoms with van der Waals surface area (Å²) in [7, 11) is 0. The van der Waals surface area contributed by atoms with Gasteiger partial charge in [-0.3, -0.25) is 0 Å². The molecule has 1 aliphatic heterocycles. The van der Waals surface area contributed by atoms with Crippen LogP contribution in [0.2, 0.25) is 0 Å². The summed E-state index contributed by atoms with van der Waals surface area (Å²) in [5.41, 5.74) is 8.57. The number of rotatable bonds is 0. The van der Waals surface area contributed by atoms with Crippen LogP contribution in [-0.2, 0) is 12.1 Å². The number of hydrogen-bond donors (Lipinski definition) is 3. The number of imidazole rings is 1. The Morgan fingerprint density at radius 3 is 3.00 bits per heavy atom. The molecule has 14 heavy (non-hydrogen) atoms. The van der Waals surface area contributed by atoms with E-state index in [2.05, 4.69) is 15.3 Å². The van der Waals surface area contributed by atoms with Crippen molar-refractivity contribution in [3.63, 3.8) is 0 Å². The average Bonchev–Trinajstić information content (AvgIpc) is 2.75. The molecule has 0 bridgehead atoms. The smallest absolute Gasteiger partial charge is 0.0926 e. The SMILES string of the molecule is NC1CCC2(CC1)NCc1[nH]cnc12. The highest BCUT2D eigenvalue weighted by molar-refractivity contribution is 5.27. The summed E-state index contributed by atoms with van der Waals surface area (Å²) >= 11 is 0. The van der Waals surface area contributed by atoms with Gasteiger partial charge in [-0.1, -0.05) is 0 Å². The molecule has 1 aromatic heterocycles. The Balaban J connectivity index is 1.92. The highest BCUT2D eigenvalue weighted by Crippen LogP contribution is 2.40. The standard InChI is InChI=1S/C10H16N4/c11-7-1-3-10(4-2-7)9-8(5-14-10)12-6-13-9/h6-7,14H,1-5,11H2,(H,12,13). The Labute approximate surface area is 83.3 Å². The highest BCUT2D eigenvalue weighted by atomic mass is 15.1. The Bertz CT molecular complexity index is 336. The quantitative estimate of drug-likeness (QED) is 0.564. The van der Waals surface area contributed by atoms with Gasteiger partial charge in [0.25, 0.3) is 0 Å². The summed E-state index contributed by atoms with van der Waals surface area (Å²) in [4.78, 5) is 7.64. The summed E-state index contributed by atoms with van der Waals surface area (Å²) < 4.78 is 0. The van der Waals surface area contributed by atoms with Crippen LogP contribution in [0.5, 0.6) is 0 Å². The van der Waals surface area contributed by atoms with Gasteiger partial charge in [-0.2, -0.15) is 0 Å². The fourth-order valence-electron chi connectivity index (χ4n) is 2.76. The van der Waals surface area contributed by atoms with Crippen LogP contribution in [0.4, 0.5) is 0 Å². The first-order valence-corrected chi connectivity index (χ1v) is 5.33. The van der Waals surface area contributed by atoms with Crippen LogP contribution in [0.1, 0.15) is 37.1 Å². The van der Waals surface area contributed by atoms with Crippen LogP contribution in [0.3, 0.4) is 0 Å². The number of H-pyrrole nitrogens is 1. The molecule has 1 fully saturated rings. The normalized spacial score (nSPS) is 36.2. The zero-order valence-electron chi connectivity index (χ0n) is 8.21. The molecular weight excluding hydrogens is 176 g/mol. The summed E-state index contributed by atoms with van der Waals surface area (Å²) in [6.45, 7) is 0.935. The van der Waals surface area contributed by atoms with Gasteiger partial charge in [-0.05, 0) is 25.7 Å². The third kappa shape index (κ3) is 1.04. The van der Waals surface area contributed by atoms with Crippen LogP contribution < -0.4 is 11.1 Å². The van der Waals surface area contributed by atoms with Crippen molar-refractivity contribution in [1.82, 2.24) is 15.3 Å². The molecule has 1 spiro atoms. The maximum absolute atomic E-state index is 5.92. The van der Waals surface area contributed by atoms with E-state index < -0.39 is 0 Å². The molecule has 0 amide bonds. The topological polar surface area (TPSA) is 66.7 Å². The first-order chi connectivity index (χ1) is 6.80. The predicted octanol–water partition coefficient (Wildman–Crippen LogP) is 0.609. The number of nitrogens with two attached hydrogens (primary N) is 1. The molecule has 0 atom stereocenters. The third-order valence-electron chi connectivity index (χ3n) is 3.66. The molecule has 4 nitrogen and oxygen atoms in total. The molecule has 1 saturated carbocycles. The van der Waals surface area contributed by atoms with Crippen LogP contribution in [0, 0.1) is 0 Å². The van der Waals surface area contributed by atoms with Gasteiger partial charge in [0.05, 0.1) is 23.3 Å². The summed E-state index contributed by atoms with van der Waals surface area (Å²) in [5.74, 6) is 0. The summed E-state index contributed by atoms with van der Waals surface area (Å²) in [6.07, 6.45) is 6.29. The number of nitrogens with zero attached hydrogens (tertiary/aromatic N) is 1. The molecule has 1 aromatic rings. The van der Waals surface area contributed by atoms with Gasteiger partial charge in [0.15, 0.2) is 0 Å². The van der Waals surface area contributed by atoms with E-state index in [1.165, 1.54) is 11.4 Å². The van der Waals surface area contributed by atoms with Crippen molar-refractivity contribution in [2.75, 3.05) is 0 Å². The zero-order chi connectivity index (χ0) is 9.60. The summed E-state index contributed by atoms with van der Waals surface area (Å²) in [5, 5.41) is 3.59. The maximum Gasteiger partial charge on any atom is 0.0926 e. The van der Waals surface area contributed by atoms with Gasteiger partial charge >= 0.3 is 0 Å². The minimum absolute atomic E-state index is 0.144. The van der Waals surface area contributed by atoms with E-state index in [0.717, 1.165) is 32.2 Å². The second-order valence-corrected chi connectivity index (χ2v) is 4.50. The van der Waals surface area contributed by atoms with Crippen molar-refractivity contribution < 1.29 is 0 Å². The van der Waals surface area contributed by atoms with E-state index in [-0.39, 0.29) is 5.54 Å². The van der Waals surface area contributed by atoms with E-state index in [4.69, 9.17) is 5.73 Å². The lowest BCUT2D eigenvalue weighted by Crippen LogP contribution is -2.43. The van der Waals surface area contributed by atoms with Gasteiger partial charge in [0.1, 0.15) is 0 Å². The van der Waals surface area contributed by atoms with Gasteiger partial charge in [0.2, 0.25) is 0 Å². The third-order valence-corrected chi connectivity index (χ3v) is 3.66. The van der Waals surface area contributed by atoms with Crippen LogP contribution in [-0.4, -0.2) is 16.0 Å². The molecule has 0 unspecified atom stereocenters. The molecule has 2 heterocycles. The fourth-order valence-corrected chi connectivity index (χ4v) is 2.76. The molecule has 0 radical (unpaired) electrons. The lowest BCUT2D eigenvalue weighted by Gasteiger charge is -2.35. The van der Waals surface area contributed by atoms with Crippen molar-refractivity contribution in [1.29, 1.82) is 0 Å². The van der Waals surface area contributed by atoms with Gasteiger partial charge < -0.3 is 16.0 Å². The van der Waals surface area contributed by atoms with E-state index in [1.807, 2.05) is 6.33 Å². The van der Waals surface area contributed by atoms with E-state index in [1.54, 1.807) is 0 Å². The monoisotopic (exact) mass is 192 g/mol. The van der Waals surface area contributed by atoms with Crippen molar-refractivity contribution in [2.24, 2.45) is 5.73 Å². The maximum atomic E-state index is 5.92. The number of hydrogen-bond acceptors (Lipinski definition) is 3. The van der Waals surface area contributed by atoms with Gasteiger partial charge in [0, 0.05) is 12.6 Å². The molecule has 2 aliphatic rings. The Hall–Kier alpha value is -0.870. The number of aromatic nitrogens is 2. The minimum atomic E-state index is 0.144. The van der Waals surface area contributed by atoms with Crippen molar-refractivity contribution >= 4 is 0 Å². The number of aromatic amines is 1. The Morgan fingerprint density at radius 2 is 2.21 bits per heavy atom. The first-order valence-electron chi connectivity index (χ1n) is 5.33. The summed E-state index contributed by atoms with van der Waals surface area (Å²) in [6, 6.07) is 0.394. The lowest BCUT2D eigenvalue weighted by molar-refractivity contribution is 0.229. The fraction of sp³-hybridized carbons (Fsp3) is 0.700. The molecule has 1 aliphatic carbocycles. The molecule has 76 valence electrons. The molecule has 0 saturated heterocycles. The molecule has 4 heteroatoms. The van der Waals surface area contributed by atoms with Crippen LogP contribution in [0.25, 0.3) is 0 Å². The zero-order valence-corrected chi connectivity index (χ0v) is 8.21. The number of fused-ring (bicyclic) bond motifs is 2. The molecule has 0 aromatic carbocycles. The van der Waals surface area contributed by atoms with Gasteiger partial charge in [-0.25, -0.2) is 4.98 Å². The minimum Gasteiger partial charge on any atom is -0.347 e. The van der Waals surface area contributed by atoms with Crippen molar-refractivity contribution in [3.8, 4) is 0 Å². The van der Waals surface area contributed by atoms with E-state index in [9.17, 15) is 0 Å². The molecule has 4 N–H and O–H groups in total. The van der Waals surface area contributed by atoms with Crippen molar-refractivity contribution in [3.05, 3.63) is 17.7 Å². The largest absolute Gasteiger partial charge is 0.347 e. The molecule has 3 rings (SSSR count). The highest BCUT2D eigenvalue weighted by Gasteiger charge is 2.42. The van der Waals surface area contributed by atoms with E-state index >= 15 is 0 Å². The van der Waals surface area contributed by atoms with Crippen LogP contribution >= 0.6 is 0 Å².